The van der Waals surface area contributed by atoms with Crippen LogP contribution in [-0.2, 0) is 14.8 Å². The van der Waals surface area contributed by atoms with Gasteiger partial charge in [0, 0.05) is 32.8 Å². The third-order valence-corrected chi connectivity index (χ3v) is 5.58. The zero-order valence-corrected chi connectivity index (χ0v) is 12.8. The molecule has 1 aromatic heterocycles. The number of aromatic nitrogens is 1. The van der Waals surface area contributed by atoms with Gasteiger partial charge in [0.25, 0.3) is 0 Å². The molecule has 8 heteroatoms. The molecule has 116 valence electrons. The molecule has 2 heterocycles. The summed E-state index contributed by atoms with van der Waals surface area (Å²) in [5.41, 5.74) is 5.66. The van der Waals surface area contributed by atoms with Crippen LogP contribution in [0.25, 0.3) is 0 Å². The highest BCUT2D eigenvalue weighted by Crippen LogP contribution is 2.25. The average Bonchev–Trinajstić information content (AvgIpc) is 2.46. The van der Waals surface area contributed by atoms with Gasteiger partial charge < -0.3 is 11.1 Å². The molecule has 1 fully saturated rings. The van der Waals surface area contributed by atoms with Gasteiger partial charge >= 0.3 is 0 Å². The van der Waals surface area contributed by atoms with Crippen molar-refractivity contribution in [3.63, 3.8) is 0 Å². The molecular formula is C13H20N4O3S. The number of hydrogen-bond acceptors (Lipinski definition) is 5. The maximum Gasteiger partial charge on any atom is 0.246 e. The Labute approximate surface area is 124 Å². The van der Waals surface area contributed by atoms with E-state index in [1.807, 2.05) is 0 Å². The summed E-state index contributed by atoms with van der Waals surface area (Å²) in [5, 5.41) is 2.77. The molecule has 0 atom stereocenters. The summed E-state index contributed by atoms with van der Waals surface area (Å²) in [6.45, 7) is 2.94. The molecule has 0 radical (unpaired) electrons. The van der Waals surface area contributed by atoms with E-state index in [0.717, 1.165) is 12.8 Å². The van der Waals surface area contributed by atoms with Gasteiger partial charge in [-0.05, 0) is 30.9 Å². The van der Waals surface area contributed by atoms with E-state index in [0.29, 0.717) is 25.6 Å². The van der Waals surface area contributed by atoms with Gasteiger partial charge in [-0.1, -0.05) is 0 Å². The third kappa shape index (κ3) is 3.70. The second-order valence-corrected chi connectivity index (χ2v) is 7.08. The van der Waals surface area contributed by atoms with Gasteiger partial charge in [-0.3, -0.25) is 4.79 Å². The van der Waals surface area contributed by atoms with Crippen LogP contribution in [0.2, 0.25) is 0 Å². The van der Waals surface area contributed by atoms with E-state index >= 15 is 0 Å². The Kier molecular flexibility index (Phi) is 4.79. The van der Waals surface area contributed by atoms with E-state index in [-0.39, 0.29) is 16.6 Å². The van der Waals surface area contributed by atoms with Crippen LogP contribution in [0.4, 0.5) is 5.82 Å². The summed E-state index contributed by atoms with van der Waals surface area (Å²) in [4.78, 5) is 14.8. The molecule has 2 rings (SSSR count). The Morgan fingerprint density at radius 2 is 2.14 bits per heavy atom. The van der Waals surface area contributed by atoms with Crippen molar-refractivity contribution >= 4 is 21.7 Å². The van der Waals surface area contributed by atoms with Crippen LogP contribution in [-0.4, -0.2) is 43.2 Å². The second kappa shape index (κ2) is 6.40. The first-order valence-electron chi connectivity index (χ1n) is 6.86. The molecule has 1 aliphatic rings. The lowest BCUT2D eigenvalue weighted by atomic mass is 9.98. The Bertz CT molecular complexity index is 610. The number of pyridine rings is 1. The topological polar surface area (TPSA) is 105 Å². The van der Waals surface area contributed by atoms with Crippen LogP contribution >= 0.6 is 0 Å². The molecule has 0 unspecified atom stereocenters. The quantitative estimate of drug-likeness (QED) is 0.826. The third-order valence-electron chi connectivity index (χ3n) is 3.63. The molecule has 1 amide bonds. The predicted octanol–water partition coefficient (Wildman–Crippen LogP) is 0.201. The predicted molar refractivity (Wildman–Crippen MR) is 78.8 cm³/mol. The molecule has 0 saturated carbocycles. The number of nitrogens with two attached hydrogens (primary N) is 1. The van der Waals surface area contributed by atoms with Crippen molar-refractivity contribution < 1.29 is 13.2 Å². The maximum atomic E-state index is 12.5. The summed E-state index contributed by atoms with van der Waals surface area (Å²) < 4.78 is 26.5. The first-order valence-corrected chi connectivity index (χ1v) is 8.30. The number of nitrogens with one attached hydrogen (secondary N) is 1. The number of anilines is 1. The van der Waals surface area contributed by atoms with Crippen molar-refractivity contribution in [2.24, 2.45) is 5.92 Å². The summed E-state index contributed by atoms with van der Waals surface area (Å²) in [5.74, 6) is 0.276. The van der Waals surface area contributed by atoms with Crippen LogP contribution in [0.5, 0.6) is 0 Å². The molecule has 0 aromatic carbocycles. The van der Waals surface area contributed by atoms with E-state index in [1.165, 1.54) is 23.5 Å². The lowest BCUT2D eigenvalue weighted by Gasteiger charge is -2.31. The van der Waals surface area contributed by atoms with E-state index in [2.05, 4.69) is 10.3 Å². The Morgan fingerprint density at radius 3 is 2.71 bits per heavy atom. The number of carbonyl (C=O) groups is 1. The van der Waals surface area contributed by atoms with Crippen molar-refractivity contribution in [2.75, 3.05) is 25.4 Å². The van der Waals surface area contributed by atoms with Gasteiger partial charge in [-0.25, -0.2) is 13.4 Å². The van der Waals surface area contributed by atoms with Crippen molar-refractivity contribution in [3.8, 4) is 0 Å². The SMILES string of the molecule is CC(=O)NCC1CCN(S(=O)(=O)c2cccnc2N)CC1. The zero-order chi connectivity index (χ0) is 15.5. The van der Waals surface area contributed by atoms with Crippen LogP contribution in [0.3, 0.4) is 0 Å². The van der Waals surface area contributed by atoms with Gasteiger partial charge in [-0.2, -0.15) is 4.31 Å². The maximum absolute atomic E-state index is 12.5. The van der Waals surface area contributed by atoms with Crippen LogP contribution in [0.1, 0.15) is 19.8 Å². The molecular weight excluding hydrogens is 292 g/mol. The summed E-state index contributed by atoms with van der Waals surface area (Å²) in [7, 11) is -3.59. The first-order chi connectivity index (χ1) is 9.91. The summed E-state index contributed by atoms with van der Waals surface area (Å²) in [6, 6.07) is 3.04. The zero-order valence-electron chi connectivity index (χ0n) is 11.9. The number of hydrogen-bond donors (Lipinski definition) is 2. The number of amides is 1. The lowest BCUT2D eigenvalue weighted by Crippen LogP contribution is -2.41. The number of sulfonamides is 1. The highest BCUT2D eigenvalue weighted by Gasteiger charge is 2.30. The number of carbonyl (C=O) groups excluding carboxylic acids is 1. The smallest absolute Gasteiger partial charge is 0.246 e. The fraction of sp³-hybridized carbons (Fsp3) is 0.538. The molecule has 21 heavy (non-hydrogen) atoms. The highest BCUT2D eigenvalue weighted by molar-refractivity contribution is 7.89. The Hall–Kier alpha value is -1.67. The van der Waals surface area contributed by atoms with Gasteiger partial charge in [0.15, 0.2) is 0 Å². The van der Waals surface area contributed by atoms with Gasteiger partial charge in [0.1, 0.15) is 10.7 Å². The standard InChI is InChI=1S/C13H20N4O3S/c1-10(18)16-9-11-4-7-17(8-5-11)21(19,20)12-3-2-6-15-13(12)14/h2-3,6,11H,4-5,7-9H2,1H3,(H2,14,15)(H,16,18). The van der Waals surface area contributed by atoms with Crippen LogP contribution < -0.4 is 11.1 Å². The van der Waals surface area contributed by atoms with E-state index < -0.39 is 10.0 Å². The van der Waals surface area contributed by atoms with Crippen LogP contribution in [0, 0.1) is 5.92 Å². The average molecular weight is 312 g/mol. The van der Waals surface area contributed by atoms with Gasteiger partial charge in [-0.15, -0.1) is 0 Å². The minimum absolute atomic E-state index is 0.0258. The number of rotatable bonds is 4. The minimum atomic E-state index is -3.59. The van der Waals surface area contributed by atoms with Crippen molar-refractivity contribution in [1.82, 2.24) is 14.6 Å². The van der Waals surface area contributed by atoms with Gasteiger partial charge in [0.2, 0.25) is 15.9 Å². The van der Waals surface area contributed by atoms with Crippen molar-refractivity contribution in [2.45, 2.75) is 24.7 Å². The summed E-state index contributed by atoms with van der Waals surface area (Å²) >= 11 is 0. The summed E-state index contributed by atoms with van der Waals surface area (Å²) in [6.07, 6.45) is 2.91. The molecule has 0 aliphatic carbocycles. The highest BCUT2D eigenvalue weighted by atomic mass is 32.2. The van der Waals surface area contributed by atoms with Gasteiger partial charge in [0.05, 0.1) is 0 Å². The molecule has 1 aliphatic heterocycles. The minimum Gasteiger partial charge on any atom is -0.383 e. The Balaban J connectivity index is 2.01. The first kappa shape index (κ1) is 15.7. The van der Waals surface area contributed by atoms with E-state index in [4.69, 9.17) is 5.73 Å². The van der Waals surface area contributed by atoms with E-state index in [9.17, 15) is 13.2 Å². The fourth-order valence-electron chi connectivity index (χ4n) is 2.40. The molecule has 1 aromatic rings. The van der Waals surface area contributed by atoms with Crippen LogP contribution in [0.15, 0.2) is 23.2 Å². The number of nitrogens with zero attached hydrogens (tertiary/aromatic N) is 2. The molecule has 1 saturated heterocycles. The van der Waals surface area contributed by atoms with Crippen molar-refractivity contribution in [3.05, 3.63) is 18.3 Å². The number of piperidine rings is 1. The molecule has 0 bridgehead atoms. The molecule has 7 nitrogen and oxygen atoms in total. The monoisotopic (exact) mass is 312 g/mol. The molecule has 0 spiro atoms. The lowest BCUT2D eigenvalue weighted by molar-refractivity contribution is -0.119. The van der Waals surface area contributed by atoms with E-state index in [1.54, 1.807) is 6.07 Å². The second-order valence-electron chi connectivity index (χ2n) is 5.17. The van der Waals surface area contributed by atoms with Crippen molar-refractivity contribution in [1.29, 1.82) is 0 Å². The normalized spacial score (nSPS) is 17.6. The largest absolute Gasteiger partial charge is 0.383 e. The fourth-order valence-corrected chi connectivity index (χ4v) is 3.94. The molecule has 3 N–H and O–H groups in total. The number of nitrogen functional groups attached to an aromatic ring is 1. The Morgan fingerprint density at radius 1 is 1.48 bits per heavy atom.